The third-order valence-corrected chi connectivity index (χ3v) is 4.31. The standard InChI is InChI=1S/C17H25N3O/c1-3-19-8-9-21-15(12-19)13-20-11-14(10-18-2)16-6-4-5-7-17(16)20/h4-7,11,15,18H,3,8-10,12-13H2,1-2H3. The monoisotopic (exact) mass is 287 g/mol. The Kier molecular flexibility index (Phi) is 4.58. The summed E-state index contributed by atoms with van der Waals surface area (Å²) in [4.78, 5) is 2.47. The number of nitrogens with one attached hydrogen (secondary N) is 1. The summed E-state index contributed by atoms with van der Waals surface area (Å²) in [5.74, 6) is 0. The maximum atomic E-state index is 5.95. The summed E-state index contributed by atoms with van der Waals surface area (Å²) in [6, 6.07) is 8.64. The minimum absolute atomic E-state index is 0.289. The Hall–Kier alpha value is -1.36. The molecule has 2 heterocycles. The summed E-state index contributed by atoms with van der Waals surface area (Å²) >= 11 is 0. The zero-order valence-electron chi connectivity index (χ0n) is 13.0. The van der Waals surface area contributed by atoms with Gasteiger partial charge in [-0.15, -0.1) is 0 Å². The van der Waals surface area contributed by atoms with Crippen molar-refractivity contribution in [3.8, 4) is 0 Å². The normalized spacial score (nSPS) is 20.2. The smallest absolute Gasteiger partial charge is 0.0881 e. The lowest BCUT2D eigenvalue weighted by atomic mass is 10.2. The molecule has 0 radical (unpaired) electrons. The summed E-state index contributed by atoms with van der Waals surface area (Å²) in [5.41, 5.74) is 2.66. The van der Waals surface area contributed by atoms with Gasteiger partial charge in [0.05, 0.1) is 19.3 Å². The van der Waals surface area contributed by atoms with E-state index in [-0.39, 0.29) is 6.10 Å². The fourth-order valence-corrected chi connectivity index (χ4v) is 3.20. The van der Waals surface area contributed by atoms with Crippen molar-refractivity contribution in [2.24, 2.45) is 0 Å². The van der Waals surface area contributed by atoms with Crippen LogP contribution in [0.1, 0.15) is 12.5 Å². The lowest BCUT2D eigenvalue weighted by molar-refractivity contribution is -0.0337. The molecule has 3 rings (SSSR count). The van der Waals surface area contributed by atoms with Crippen molar-refractivity contribution >= 4 is 10.9 Å². The van der Waals surface area contributed by atoms with Gasteiger partial charge in [-0.25, -0.2) is 0 Å². The largest absolute Gasteiger partial charge is 0.374 e. The quantitative estimate of drug-likeness (QED) is 0.913. The van der Waals surface area contributed by atoms with Crippen LogP contribution in [-0.2, 0) is 17.8 Å². The van der Waals surface area contributed by atoms with E-state index in [1.54, 1.807) is 0 Å². The number of morpholine rings is 1. The lowest BCUT2D eigenvalue weighted by Gasteiger charge is -2.32. The highest BCUT2D eigenvalue weighted by molar-refractivity contribution is 5.83. The average molecular weight is 287 g/mol. The highest BCUT2D eigenvalue weighted by Gasteiger charge is 2.20. The van der Waals surface area contributed by atoms with Gasteiger partial charge in [-0.2, -0.15) is 0 Å². The molecule has 21 heavy (non-hydrogen) atoms. The maximum Gasteiger partial charge on any atom is 0.0881 e. The zero-order valence-corrected chi connectivity index (χ0v) is 13.0. The second-order valence-electron chi connectivity index (χ2n) is 5.74. The van der Waals surface area contributed by atoms with Crippen LogP contribution in [0.3, 0.4) is 0 Å². The third-order valence-electron chi connectivity index (χ3n) is 4.31. The van der Waals surface area contributed by atoms with Crippen LogP contribution in [0.5, 0.6) is 0 Å². The number of ether oxygens (including phenoxy) is 1. The van der Waals surface area contributed by atoms with Gasteiger partial charge in [0.15, 0.2) is 0 Å². The van der Waals surface area contributed by atoms with Gasteiger partial charge >= 0.3 is 0 Å². The van der Waals surface area contributed by atoms with E-state index in [0.29, 0.717) is 0 Å². The topological polar surface area (TPSA) is 29.4 Å². The van der Waals surface area contributed by atoms with Crippen molar-refractivity contribution in [1.82, 2.24) is 14.8 Å². The van der Waals surface area contributed by atoms with E-state index in [1.165, 1.54) is 16.5 Å². The first-order valence-electron chi connectivity index (χ1n) is 7.87. The van der Waals surface area contributed by atoms with Crippen LogP contribution in [0.4, 0.5) is 0 Å². The number of likely N-dealkylation sites (N-methyl/N-ethyl adjacent to an activating group) is 1. The van der Waals surface area contributed by atoms with Crippen molar-refractivity contribution in [3.63, 3.8) is 0 Å². The van der Waals surface area contributed by atoms with Gasteiger partial charge in [0, 0.05) is 36.7 Å². The second-order valence-corrected chi connectivity index (χ2v) is 5.74. The molecule has 1 N–H and O–H groups in total. The van der Waals surface area contributed by atoms with Crippen molar-refractivity contribution in [1.29, 1.82) is 0 Å². The van der Waals surface area contributed by atoms with E-state index >= 15 is 0 Å². The van der Waals surface area contributed by atoms with Crippen LogP contribution in [0.25, 0.3) is 10.9 Å². The molecule has 114 valence electrons. The molecule has 1 saturated heterocycles. The Morgan fingerprint density at radius 2 is 2.19 bits per heavy atom. The fourth-order valence-electron chi connectivity index (χ4n) is 3.20. The van der Waals surface area contributed by atoms with Gasteiger partial charge in [0.2, 0.25) is 0 Å². The number of hydrogen-bond donors (Lipinski definition) is 1. The van der Waals surface area contributed by atoms with Gasteiger partial charge in [0.25, 0.3) is 0 Å². The van der Waals surface area contributed by atoms with Crippen molar-refractivity contribution in [2.75, 3.05) is 33.3 Å². The van der Waals surface area contributed by atoms with Gasteiger partial charge in [0.1, 0.15) is 0 Å². The van der Waals surface area contributed by atoms with Crippen LogP contribution < -0.4 is 5.32 Å². The lowest BCUT2D eigenvalue weighted by Crippen LogP contribution is -2.43. The first-order chi connectivity index (χ1) is 10.3. The Morgan fingerprint density at radius 1 is 1.33 bits per heavy atom. The first kappa shape index (κ1) is 14.6. The Bertz CT molecular complexity index is 593. The molecule has 4 heteroatoms. The zero-order chi connectivity index (χ0) is 14.7. The number of rotatable bonds is 5. The molecule has 0 saturated carbocycles. The summed E-state index contributed by atoms with van der Waals surface area (Å²) in [6.07, 6.45) is 2.56. The number of benzene rings is 1. The van der Waals surface area contributed by atoms with Gasteiger partial charge in [-0.3, -0.25) is 4.90 Å². The minimum atomic E-state index is 0.289. The summed E-state index contributed by atoms with van der Waals surface area (Å²) < 4.78 is 8.31. The van der Waals surface area contributed by atoms with Crippen LogP contribution in [0.2, 0.25) is 0 Å². The predicted octanol–water partition coefficient (Wildman–Crippen LogP) is 2.08. The minimum Gasteiger partial charge on any atom is -0.374 e. The van der Waals surface area contributed by atoms with Crippen LogP contribution in [-0.4, -0.2) is 48.9 Å². The first-order valence-corrected chi connectivity index (χ1v) is 7.87. The Balaban J connectivity index is 1.83. The maximum absolute atomic E-state index is 5.95. The van der Waals surface area contributed by atoms with Gasteiger partial charge in [-0.05, 0) is 25.2 Å². The highest BCUT2D eigenvalue weighted by Crippen LogP contribution is 2.22. The van der Waals surface area contributed by atoms with Crippen molar-refractivity contribution < 1.29 is 4.74 Å². The summed E-state index contributed by atoms with van der Waals surface area (Å²) in [6.45, 7) is 8.10. The van der Waals surface area contributed by atoms with Gasteiger partial charge in [-0.1, -0.05) is 25.1 Å². The number of aromatic nitrogens is 1. The molecule has 1 fully saturated rings. The number of fused-ring (bicyclic) bond motifs is 1. The molecule has 1 atom stereocenters. The van der Waals surface area contributed by atoms with Crippen molar-refractivity contribution in [3.05, 3.63) is 36.0 Å². The molecule has 0 spiro atoms. The van der Waals surface area contributed by atoms with E-state index in [2.05, 4.69) is 52.2 Å². The fraction of sp³-hybridized carbons (Fsp3) is 0.529. The Morgan fingerprint density at radius 3 is 3.00 bits per heavy atom. The number of nitrogens with zero attached hydrogens (tertiary/aromatic N) is 2. The van der Waals surface area contributed by atoms with Crippen LogP contribution in [0.15, 0.2) is 30.5 Å². The number of para-hydroxylation sites is 1. The third kappa shape index (κ3) is 3.12. The molecule has 1 aromatic heterocycles. The van der Waals surface area contributed by atoms with E-state index in [1.807, 2.05) is 7.05 Å². The predicted molar refractivity (Wildman–Crippen MR) is 86.6 cm³/mol. The van der Waals surface area contributed by atoms with Gasteiger partial charge < -0.3 is 14.6 Å². The molecule has 1 aliphatic rings. The molecule has 1 aromatic carbocycles. The van der Waals surface area contributed by atoms with Crippen LogP contribution >= 0.6 is 0 Å². The molecule has 1 aliphatic heterocycles. The molecule has 4 nitrogen and oxygen atoms in total. The van der Waals surface area contributed by atoms with E-state index in [4.69, 9.17) is 4.74 Å². The summed E-state index contributed by atoms with van der Waals surface area (Å²) in [5, 5.41) is 4.60. The molecule has 0 bridgehead atoms. The van der Waals surface area contributed by atoms with E-state index < -0.39 is 0 Å². The molecule has 0 amide bonds. The molecular weight excluding hydrogens is 262 g/mol. The van der Waals surface area contributed by atoms with E-state index in [0.717, 1.165) is 39.3 Å². The molecule has 0 aliphatic carbocycles. The summed E-state index contributed by atoms with van der Waals surface area (Å²) in [7, 11) is 2.00. The molecule has 1 unspecified atom stereocenters. The van der Waals surface area contributed by atoms with Crippen LogP contribution in [0, 0.1) is 0 Å². The number of hydrogen-bond acceptors (Lipinski definition) is 3. The second kappa shape index (κ2) is 6.60. The SMILES string of the molecule is CCN1CCOC(Cn2cc(CNC)c3ccccc32)C1. The Labute approximate surface area is 126 Å². The highest BCUT2D eigenvalue weighted by atomic mass is 16.5. The van der Waals surface area contributed by atoms with E-state index in [9.17, 15) is 0 Å². The van der Waals surface area contributed by atoms with Crippen molar-refractivity contribution in [2.45, 2.75) is 26.1 Å². The average Bonchev–Trinajstić information content (AvgIpc) is 2.86. The molecule has 2 aromatic rings. The molecular formula is C17H25N3O.